The van der Waals surface area contributed by atoms with Crippen LogP contribution >= 0.6 is 12.4 Å². The molecule has 0 unspecified atom stereocenters. The van der Waals surface area contributed by atoms with E-state index in [0.29, 0.717) is 0 Å². The average molecular weight is 414 g/mol. The fourth-order valence-electron chi connectivity index (χ4n) is 1.82. The van der Waals surface area contributed by atoms with E-state index in [1.165, 1.54) is 25.3 Å². The number of rotatable bonds is 8. The maximum Gasteiger partial charge on any atom is 0.422 e. The first-order valence-electron chi connectivity index (χ1n) is 7.74. The van der Waals surface area contributed by atoms with Gasteiger partial charge < -0.3 is 25.8 Å². The van der Waals surface area contributed by atoms with E-state index >= 15 is 0 Å². The first-order valence-corrected chi connectivity index (χ1v) is 7.74. The lowest BCUT2D eigenvalue weighted by atomic mass is 10.1. The molecule has 154 valence electrons. The van der Waals surface area contributed by atoms with Crippen molar-refractivity contribution in [2.24, 2.45) is 11.7 Å². The third kappa shape index (κ3) is 8.83. The number of anilines is 1. The molecule has 11 heteroatoms. The summed E-state index contributed by atoms with van der Waals surface area (Å²) in [7, 11) is 1.28. The Morgan fingerprint density at radius 2 is 1.85 bits per heavy atom. The van der Waals surface area contributed by atoms with E-state index in [9.17, 15) is 22.8 Å². The zero-order chi connectivity index (χ0) is 19.9. The number of ether oxygens (including phenoxy) is 2. The van der Waals surface area contributed by atoms with Crippen molar-refractivity contribution in [2.75, 3.05) is 25.6 Å². The second-order valence-electron chi connectivity index (χ2n) is 5.81. The Hall–Kier alpha value is -2.20. The highest BCUT2D eigenvalue weighted by Gasteiger charge is 2.29. The van der Waals surface area contributed by atoms with Gasteiger partial charge in [-0.2, -0.15) is 13.2 Å². The summed E-state index contributed by atoms with van der Waals surface area (Å²) in [5.41, 5.74) is 5.84. The van der Waals surface area contributed by atoms with Gasteiger partial charge in [0.25, 0.3) is 0 Å². The van der Waals surface area contributed by atoms with E-state index in [4.69, 9.17) is 10.5 Å². The normalized spacial score (nSPS) is 12.0. The highest BCUT2D eigenvalue weighted by molar-refractivity contribution is 5.95. The molecule has 1 atom stereocenters. The van der Waals surface area contributed by atoms with Gasteiger partial charge >= 0.3 is 6.18 Å². The number of nitrogens with two attached hydrogens (primary N) is 1. The number of alkyl halides is 3. The third-order valence-electron chi connectivity index (χ3n) is 3.28. The van der Waals surface area contributed by atoms with Crippen LogP contribution < -0.4 is 25.8 Å². The summed E-state index contributed by atoms with van der Waals surface area (Å²) in [4.78, 5) is 23.6. The van der Waals surface area contributed by atoms with Crippen molar-refractivity contribution in [3.63, 3.8) is 0 Å². The van der Waals surface area contributed by atoms with Crippen molar-refractivity contribution in [1.29, 1.82) is 0 Å². The van der Waals surface area contributed by atoms with E-state index in [1.807, 2.05) is 0 Å². The Morgan fingerprint density at radius 1 is 1.22 bits per heavy atom. The van der Waals surface area contributed by atoms with Crippen LogP contribution in [0.25, 0.3) is 0 Å². The van der Waals surface area contributed by atoms with Crippen molar-refractivity contribution >= 4 is 29.9 Å². The van der Waals surface area contributed by atoms with Gasteiger partial charge in [-0.15, -0.1) is 12.4 Å². The van der Waals surface area contributed by atoms with Crippen LogP contribution in [0.2, 0.25) is 0 Å². The molecule has 1 rings (SSSR count). The van der Waals surface area contributed by atoms with Gasteiger partial charge in [-0.1, -0.05) is 13.8 Å². The zero-order valence-corrected chi connectivity index (χ0v) is 15.9. The molecule has 0 aliphatic heterocycles. The number of hydrogen-bond acceptors (Lipinski definition) is 5. The molecule has 0 aliphatic rings. The van der Waals surface area contributed by atoms with Crippen LogP contribution in [0, 0.1) is 5.92 Å². The van der Waals surface area contributed by atoms with E-state index < -0.39 is 30.6 Å². The molecule has 1 aromatic rings. The Morgan fingerprint density at radius 3 is 2.37 bits per heavy atom. The monoisotopic (exact) mass is 413 g/mol. The molecule has 0 bridgehead atoms. The highest BCUT2D eigenvalue weighted by atomic mass is 35.5. The molecule has 0 aliphatic carbocycles. The first kappa shape index (κ1) is 24.8. The van der Waals surface area contributed by atoms with Crippen LogP contribution in [0.5, 0.6) is 11.5 Å². The number of hydrogen-bond donors (Lipinski definition) is 3. The van der Waals surface area contributed by atoms with Gasteiger partial charge in [0.15, 0.2) is 18.1 Å². The van der Waals surface area contributed by atoms with E-state index in [0.717, 1.165) is 0 Å². The van der Waals surface area contributed by atoms with Gasteiger partial charge in [0.2, 0.25) is 11.8 Å². The number of methoxy groups -OCH3 is 1. The van der Waals surface area contributed by atoms with Gasteiger partial charge in [-0.25, -0.2) is 0 Å². The summed E-state index contributed by atoms with van der Waals surface area (Å²) in [6, 6.07) is 3.24. The van der Waals surface area contributed by atoms with Crippen LogP contribution in [0.15, 0.2) is 18.2 Å². The second-order valence-corrected chi connectivity index (χ2v) is 5.81. The van der Waals surface area contributed by atoms with Crippen molar-refractivity contribution in [2.45, 2.75) is 26.1 Å². The van der Waals surface area contributed by atoms with Crippen molar-refractivity contribution in [1.82, 2.24) is 5.32 Å². The highest BCUT2D eigenvalue weighted by Crippen LogP contribution is 2.31. The van der Waals surface area contributed by atoms with E-state index in [1.54, 1.807) is 13.8 Å². The summed E-state index contributed by atoms with van der Waals surface area (Å²) < 4.78 is 46.5. The molecule has 0 fully saturated rings. The lowest BCUT2D eigenvalue weighted by Crippen LogP contribution is -2.46. The minimum Gasteiger partial charge on any atom is -0.493 e. The molecule has 2 amide bonds. The molecule has 7 nitrogen and oxygen atoms in total. The maximum atomic E-state index is 12.3. The largest absolute Gasteiger partial charge is 0.493 e. The molecule has 0 spiro atoms. The van der Waals surface area contributed by atoms with Crippen molar-refractivity contribution in [3.05, 3.63) is 18.2 Å². The molecule has 0 saturated carbocycles. The molecular weight excluding hydrogens is 391 g/mol. The molecule has 1 aromatic carbocycles. The van der Waals surface area contributed by atoms with Gasteiger partial charge in [-0.05, 0) is 18.1 Å². The number of carbonyl (C=O) groups excluding carboxylic acids is 2. The van der Waals surface area contributed by atoms with E-state index in [-0.39, 0.29) is 42.1 Å². The second kappa shape index (κ2) is 10.8. The van der Waals surface area contributed by atoms with Crippen LogP contribution in [-0.2, 0) is 9.59 Å². The first-order chi connectivity index (χ1) is 12.0. The molecule has 0 aromatic heterocycles. The van der Waals surface area contributed by atoms with Gasteiger partial charge in [-0.3, -0.25) is 9.59 Å². The molecule has 0 heterocycles. The molecular formula is C16H23ClF3N3O4. The number of carbonyl (C=O) groups is 2. The fourth-order valence-corrected chi connectivity index (χ4v) is 1.82. The summed E-state index contributed by atoms with van der Waals surface area (Å²) in [5.74, 6) is -1.22. The summed E-state index contributed by atoms with van der Waals surface area (Å²) in [6.45, 7) is 1.71. The minimum absolute atomic E-state index is 0. The van der Waals surface area contributed by atoms with Crippen LogP contribution in [0.3, 0.4) is 0 Å². The number of halogens is 4. The van der Waals surface area contributed by atoms with Crippen LogP contribution in [0.1, 0.15) is 13.8 Å². The predicted octanol–water partition coefficient (Wildman–Crippen LogP) is 2.10. The Kier molecular flexibility index (Phi) is 9.95. The number of benzene rings is 1. The Bertz CT molecular complexity index is 642. The van der Waals surface area contributed by atoms with Gasteiger partial charge in [0.05, 0.1) is 19.7 Å². The summed E-state index contributed by atoms with van der Waals surface area (Å²) >= 11 is 0. The quantitative estimate of drug-likeness (QED) is 0.605. The average Bonchev–Trinajstić information content (AvgIpc) is 2.56. The van der Waals surface area contributed by atoms with Crippen LogP contribution in [-0.4, -0.2) is 44.3 Å². The molecule has 0 radical (unpaired) electrons. The van der Waals surface area contributed by atoms with Gasteiger partial charge in [0.1, 0.15) is 0 Å². The van der Waals surface area contributed by atoms with Gasteiger partial charge in [0, 0.05) is 11.8 Å². The van der Waals surface area contributed by atoms with Crippen molar-refractivity contribution in [3.8, 4) is 11.5 Å². The third-order valence-corrected chi connectivity index (χ3v) is 3.28. The maximum absolute atomic E-state index is 12.3. The lowest BCUT2D eigenvalue weighted by Gasteiger charge is -2.16. The summed E-state index contributed by atoms with van der Waals surface area (Å²) in [6.07, 6.45) is -4.51. The van der Waals surface area contributed by atoms with Crippen molar-refractivity contribution < 1.29 is 32.2 Å². The molecule has 0 saturated heterocycles. The minimum atomic E-state index is -4.51. The lowest BCUT2D eigenvalue weighted by molar-refractivity contribution is -0.153. The van der Waals surface area contributed by atoms with Crippen LogP contribution in [0.4, 0.5) is 18.9 Å². The predicted molar refractivity (Wildman–Crippen MR) is 96.2 cm³/mol. The van der Waals surface area contributed by atoms with E-state index in [2.05, 4.69) is 15.4 Å². The molecule has 27 heavy (non-hydrogen) atoms. The molecule has 4 N–H and O–H groups in total. The zero-order valence-electron chi connectivity index (χ0n) is 15.1. The Labute approximate surface area is 161 Å². The summed E-state index contributed by atoms with van der Waals surface area (Å²) in [5, 5.41) is 4.83. The Balaban J connectivity index is 0.00000676. The fraction of sp³-hybridized carbons (Fsp3) is 0.500. The topological polar surface area (TPSA) is 103 Å². The SMILES string of the molecule is COc1ccc(NC(=O)CNC(=O)[C@@H](N)C(C)C)cc1OCC(F)(F)F.Cl. The number of amides is 2. The standard InChI is InChI=1S/C16H22F3N3O4.ClH/c1-9(2)14(20)15(24)21-7-13(23)22-10-4-5-11(25-3)12(6-10)26-8-16(17,18)19;/h4-6,9,14H,7-8,20H2,1-3H3,(H,21,24)(H,22,23);1H/t14-;/m0./s1. The smallest absolute Gasteiger partial charge is 0.422 e. The number of nitrogens with one attached hydrogen (secondary N) is 2.